The van der Waals surface area contributed by atoms with Gasteiger partial charge in [-0.15, -0.1) is 0 Å². The summed E-state index contributed by atoms with van der Waals surface area (Å²) in [6, 6.07) is 0. The lowest BCUT2D eigenvalue weighted by Crippen LogP contribution is -2.23. The van der Waals surface area contributed by atoms with Gasteiger partial charge >= 0.3 is 0 Å². The second-order valence-corrected chi connectivity index (χ2v) is 5.28. The molecule has 0 aromatic heterocycles. The van der Waals surface area contributed by atoms with Gasteiger partial charge in [0.15, 0.2) is 0 Å². The van der Waals surface area contributed by atoms with E-state index in [-0.39, 0.29) is 0 Å². The van der Waals surface area contributed by atoms with E-state index in [4.69, 9.17) is 0 Å². The van der Waals surface area contributed by atoms with Crippen LogP contribution in [0.2, 0.25) is 0 Å². The topological polar surface area (TPSA) is 0 Å². The van der Waals surface area contributed by atoms with Crippen LogP contribution in [0.5, 0.6) is 0 Å². The Hall–Kier alpha value is 0. The van der Waals surface area contributed by atoms with Gasteiger partial charge < -0.3 is 0 Å². The third kappa shape index (κ3) is 4.13. The van der Waals surface area contributed by atoms with E-state index in [9.17, 15) is 0 Å². The van der Waals surface area contributed by atoms with Crippen molar-refractivity contribution in [3.05, 3.63) is 0 Å². The van der Waals surface area contributed by atoms with Crippen LogP contribution in [0.4, 0.5) is 0 Å². The largest absolute Gasteiger partial charge is 0.0654 e. The van der Waals surface area contributed by atoms with Crippen LogP contribution in [-0.2, 0) is 0 Å². The first kappa shape index (κ1) is 12.0. The summed E-state index contributed by atoms with van der Waals surface area (Å²) in [6.45, 7) is 14.1. The highest BCUT2D eigenvalue weighted by atomic mass is 14.3. The third-order valence-electron chi connectivity index (χ3n) is 2.99. The molecule has 0 nitrogen and oxygen atoms in total. The molecular formula is C12H26. The lowest BCUT2D eigenvalue weighted by molar-refractivity contribution is 0.174. The van der Waals surface area contributed by atoms with Crippen molar-refractivity contribution >= 4 is 0 Å². The van der Waals surface area contributed by atoms with Crippen molar-refractivity contribution in [3.8, 4) is 0 Å². The molecule has 0 fully saturated rings. The Morgan fingerprint density at radius 2 is 1.58 bits per heavy atom. The van der Waals surface area contributed by atoms with Crippen LogP contribution >= 0.6 is 0 Å². The maximum absolute atomic E-state index is 2.41. The molecule has 0 saturated heterocycles. The Morgan fingerprint density at radius 3 is 1.92 bits per heavy atom. The molecule has 1 atom stereocenters. The van der Waals surface area contributed by atoms with Gasteiger partial charge in [0.05, 0.1) is 0 Å². The van der Waals surface area contributed by atoms with Gasteiger partial charge in [0.1, 0.15) is 0 Å². The summed E-state index contributed by atoms with van der Waals surface area (Å²) < 4.78 is 0. The maximum Gasteiger partial charge on any atom is -0.0326 e. The average Bonchev–Trinajstić information content (AvgIpc) is 1.85. The van der Waals surface area contributed by atoms with Crippen LogP contribution < -0.4 is 0 Å². The standard InChI is InChI=1S/C12H26/c1-7-8-11(4)12(5,6)9-10(2)3/h10-11H,7-9H2,1-6H3. The summed E-state index contributed by atoms with van der Waals surface area (Å²) in [5, 5.41) is 0. The fourth-order valence-electron chi connectivity index (χ4n) is 2.08. The van der Waals surface area contributed by atoms with E-state index in [1.165, 1.54) is 19.3 Å². The van der Waals surface area contributed by atoms with Crippen LogP contribution in [0.25, 0.3) is 0 Å². The van der Waals surface area contributed by atoms with Crippen LogP contribution in [0.1, 0.15) is 60.8 Å². The van der Waals surface area contributed by atoms with Crippen molar-refractivity contribution in [3.63, 3.8) is 0 Å². The summed E-state index contributed by atoms with van der Waals surface area (Å²) >= 11 is 0. The highest BCUT2D eigenvalue weighted by Crippen LogP contribution is 2.35. The fourth-order valence-corrected chi connectivity index (χ4v) is 2.08. The number of hydrogen-bond donors (Lipinski definition) is 0. The van der Waals surface area contributed by atoms with E-state index in [0.717, 1.165) is 11.8 Å². The quantitative estimate of drug-likeness (QED) is 0.570. The normalized spacial score (nSPS) is 15.2. The monoisotopic (exact) mass is 170 g/mol. The van der Waals surface area contributed by atoms with Gasteiger partial charge in [-0.3, -0.25) is 0 Å². The summed E-state index contributed by atoms with van der Waals surface area (Å²) in [5.74, 6) is 1.70. The minimum Gasteiger partial charge on any atom is -0.0654 e. The molecule has 0 aliphatic heterocycles. The fraction of sp³-hybridized carbons (Fsp3) is 1.00. The molecule has 0 rings (SSSR count). The Balaban J connectivity index is 3.99. The number of hydrogen-bond acceptors (Lipinski definition) is 0. The number of rotatable bonds is 5. The smallest absolute Gasteiger partial charge is 0.0326 e. The summed E-state index contributed by atoms with van der Waals surface area (Å²) in [6.07, 6.45) is 4.05. The molecule has 0 spiro atoms. The molecule has 0 aliphatic rings. The van der Waals surface area contributed by atoms with Crippen LogP contribution in [0.15, 0.2) is 0 Å². The second-order valence-electron chi connectivity index (χ2n) is 5.28. The molecule has 74 valence electrons. The predicted molar refractivity (Wildman–Crippen MR) is 57.3 cm³/mol. The Labute approximate surface area is 78.8 Å². The van der Waals surface area contributed by atoms with E-state index < -0.39 is 0 Å². The molecule has 0 bridgehead atoms. The van der Waals surface area contributed by atoms with E-state index in [1.807, 2.05) is 0 Å². The summed E-state index contributed by atoms with van der Waals surface area (Å²) in [4.78, 5) is 0. The Morgan fingerprint density at radius 1 is 1.08 bits per heavy atom. The van der Waals surface area contributed by atoms with Crippen LogP contribution in [-0.4, -0.2) is 0 Å². The van der Waals surface area contributed by atoms with Crippen molar-refractivity contribution < 1.29 is 0 Å². The van der Waals surface area contributed by atoms with Crippen molar-refractivity contribution in [2.75, 3.05) is 0 Å². The van der Waals surface area contributed by atoms with E-state index in [2.05, 4.69) is 41.5 Å². The van der Waals surface area contributed by atoms with Crippen LogP contribution in [0, 0.1) is 17.3 Å². The van der Waals surface area contributed by atoms with Gasteiger partial charge in [-0.2, -0.15) is 0 Å². The van der Waals surface area contributed by atoms with Gasteiger partial charge in [-0.1, -0.05) is 54.4 Å². The molecule has 0 aromatic rings. The second kappa shape index (κ2) is 4.89. The van der Waals surface area contributed by atoms with E-state index in [0.29, 0.717) is 5.41 Å². The van der Waals surface area contributed by atoms with E-state index >= 15 is 0 Å². The molecule has 0 N–H and O–H groups in total. The van der Waals surface area contributed by atoms with Crippen LogP contribution in [0.3, 0.4) is 0 Å². The third-order valence-corrected chi connectivity index (χ3v) is 2.99. The molecule has 0 radical (unpaired) electrons. The first-order valence-electron chi connectivity index (χ1n) is 5.40. The predicted octanol–water partition coefficient (Wildman–Crippen LogP) is 4.49. The maximum atomic E-state index is 2.41. The first-order valence-corrected chi connectivity index (χ1v) is 5.40. The average molecular weight is 170 g/mol. The SMILES string of the molecule is CCCC(C)C(C)(C)CC(C)C. The lowest BCUT2D eigenvalue weighted by atomic mass is 9.72. The summed E-state index contributed by atoms with van der Waals surface area (Å²) in [5.41, 5.74) is 0.532. The highest BCUT2D eigenvalue weighted by Gasteiger charge is 2.25. The zero-order valence-electron chi connectivity index (χ0n) is 9.78. The zero-order chi connectivity index (χ0) is 9.78. The van der Waals surface area contributed by atoms with Crippen molar-refractivity contribution in [2.24, 2.45) is 17.3 Å². The van der Waals surface area contributed by atoms with Gasteiger partial charge in [0, 0.05) is 0 Å². The molecule has 0 aromatic carbocycles. The molecule has 0 heteroatoms. The molecular weight excluding hydrogens is 144 g/mol. The molecule has 1 unspecified atom stereocenters. The minimum absolute atomic E-state index is 0.532. The molecule has 0 heterocycles. The minimum atomic E-state index is 0.532. The van der Waals surface area contributed by atoms with Crippen molar-refractivity contribution in [2.45, 2.75) is 60.8 Å². The van der Waals surface area contributed by atoms with E-state index in [1.54, 1.807) is 0 Å². The molecule has 0 amide bonds. The molecule has 0 saturated carbocycles. The first-order chi connectivity index (χ1) is 5.40. The van der Waals surface area contributed by atoms with Gasteiger partial charge in [0.2, 0.25) is 0 Å². The molecule has 12 heavy (non-hydrogen) atoms. The Bertz CT molecular complexity index is 111. The zero-order valence-corrected chi connectivity index (χ0v) is 9.78. The molecule has 0 aliphatic carbocycles. The van der Waals surface area contributed by atoms with Crippen molar-refractivity contribution in [1.82, 2.24) is 0 Å². The van der Waals surface area contributed by atoms with Gasteiger partial charge in [-0.05, 0) is 23.7 Å². The van der Waals surface area contributed by atoms with Gasteiger partial charge in [-0.25, -0.2) is 0 Å². The summed E-state index contributed by atoms with van der Waals surface area (Å²) in [7, 11) is 0. The van der Waals surface area contributed by atoms with Crippen molar-refractivity contribution in [1.29, 1.82) is 0 Å². The lowest BCUT2D eigenvalue weighted by Gasteiger charge is -2.33. The van der Waals surface area contributed by atoms with Gasteiger partial charge in [0.25, 0.3) is 0 Å². The highest BCUT2D eigenvalue weighted by molar-refractivity contribution is 4.76. The Kier molecular flexibility index (Phi) is 4.89.